The monoisotopic (exact) mass is 1170 g/mol. The van der Waals surface area contributed by atoms with Crippen LogP contribution in [0.15, 0.2) is 58.4 Å². The molecule has 5 saturated heterocycles. The van der Waals surface area contributed by atoms with Crippen LogP contribution < -0.4 is 5.32 Å². The van der Waals surface area contributed by atoms with Gasteiger partial charge in [-0.15, -0.1) is 0 Å². The minimum absolute atomic E-state index is 0.0237. The first-order valence-electron chi connectivity index (χ1n) is 29.8. The van der Waals surface area contributed by atoms with Crippen LogP contribution >= 0.6 is 0 Å². The van der Waals surface area contributed by atoms with E-state index in [2.05, 4.69) is 25.2 Å². The van der Waals surface area contributed by atoms with Gasteiger partial charge in [-0.3, -0.25) is 14.9 Å². The van der Waals surface area contributed by atoms with E-state index in [1.165, 1.54) is 21.1 Å². The maximum atomic E-state index is 15.5. The number of Topliss-reactive ketones (excluding diaryl/α,β-unsaturated/α-hetero) is 1. The molecular formula is C61H90N2O20. The summed E-state index contributed by atoms with van der Waals surface area (Å²) in [5, 5.41) is 62.3. The Hall–Kier alpha value is -4.17. The summed E-state index contributed by atoms with van der Waals surface area (Å²) < 4.78 is 68.1. The van der Waals surface area contributed by atoms with Crippen molar-refractivity contribution in [3.05, 3.63) is 68.5 Å². The van der Waals surface area contributed by atoms with Gasteiger partial charge in [0, 0.05) is 67.8 Å². The molecule has 0 radical (unpaired) electrons. The number of nitrogens with zero attached hydrogens (tertiary/aromatic N) is 1. The van der Waals surface area contributed by atoms with Gasteiger partial charge in [0.05, 0.1) is 68.5 Å². The fraction of sp³-hybridized carbons (Fsp3) is 0.787. The highest BCUT2D eigenvalue weighted by Crippen LogP contribution is 2.61. The largest absolute Gasteiger partial charge is 0.511 e. The number of carbonyl (C=O) groups is 3. The lowest BCUT2D eigenvalue weighted by atomic mass is 9.49. The number of alkyl carbamates (subject to hydrolysis) is 1. The summed E-state index contributed by atoms with van der Waals surface area (Å²) in [6.45, 7) is 22.2. The van der Waals surface area contributed by atoms with Crippen LogP contribution in [0.1, 0.15) is 128 Å². The molecule has 0 aromatic carbocycles. The van der Waals surface area contributed by atoms with E-state index in [4.69, 9.17) is 52.1 Å². The van der Waals surface area contributed by atoms with Crippen LogP contribution in [-0.4, -0.2) is 173 Å². The molecule has 5 heterocycles. The third kappa shape index (κ3) is 11.8. The Balaban J connectivity index is 1.00. The van der Waals surface area contributed by atoms with E-state index in [9.17, 15) is 40.1 Å². The lowest BCUT2D eigenvalue weighted by Crippen LogP contribution is -2.65. The first kappa shape index (κ1) is 63.3. The minimum atomic E-state index is -1.73. The molecule has 0 aromatic heterocycles. The van der Waals surface area contributed by atoms with Gasteiger partial charge in [0.1, 0.15) is 35.7 Å². The second-order valence-electron chi connectivity index (χ2n) is 26.0. The second kappa shape index (κ2) is 24.5. The molecule has 9 aliphatic rings. The topological polar surface area (TPSA) is 289 Å². The Morgan fingerprint density at radius 2 is 1.33 bits per heavy atom. The van der Waals surface area contributed by atoms with E-state index < -0.39 is 167 Å². The molecule has 0 aromatic rings. The van der Waals surface area contributed by atoms with Crippen molar-refractivity contribution in [3.63, 3.8) is 0 Å². The maximum Gasteiger partial charge on any atom is 0.407 e. The van der Waals surface area contributed by atoms with Gasteiger partial charge < -0.3 is 77.8 Å². The number of rotatable bonds is 11. The standard InChI is InChI=1S/C61H90N2O20/c1-27-15-18-42(79-47-26-59(11,63(71)72)54(36(10)78-47)62-58(70)74-14)29(3)21-37-20-28(2)32(6)25-61(37)56(68)48(57(69)83-61)55(67)60(12)39(27)17-16-38-49(60)30(4)19-31(5)51(38)81-46-24-43(50(66)33(7)75-46)80-44-23-41(65)53(35(9)77-44)82-45-22-40(64)52(73-13)34(8)76-45/h15-17,20-21,30-47,49-54,64-67H,18-19,22-26H2,1-14H3,(H,62,70). The number of ketones is 1. The molecule has 27 unspecified atom stereocenters. The minimum Gasteiger partial charge on any atom is -0.511 e. The third-order valence-electron chi connectivity index (χ3n) is 20.3. The summed E-state index contributed by atoms with van der Waals surface area (Å²) in [4.78, 5) is 55.1. The number of amides is 1. The molecule has 22 nitrogen and oxygen atoms in total. The zero-order valence-electron chi connectivity index (χ0n) is 50.5. The number of nitrogens with one attached hydrogen (secondary N) is 1. The highest BCUT2D eigenvalue weighted by atomic mass is 16.7. The number of allylic oxidation sites excluding steroid dienone is 4. The van der Waals surface area contributed by atoms with Crippen LogP contribution in [0.4, 0.5) is 4.79 Å². The summed E-state index contributed by atoms with van der Waals surface area (Å²) in [6.07, 6.45) is -2.63. The first-order valence-corrected chi connectivity index (χ1v) is 29.8. The smallest absolute Gasteiger partial charge is 0.407 e. The van der Waals surface area contributed by atoms with Crippen molar-refractivity contribution >= 4 is 17.8 Å². The van der Waals surface area contributed by atoms with E-state index in [-0.39, 0.29) is 67.6 Å². The van der Waals surface area contributed by atoms with Crippen molar-refractivity contribution in [2.75, 3.05) is 14.2 Å². The van der Waals surface area contributed by atoms with Gasteiger partial charge in [0.2, 0.25) is 11.3 Å². The molecule has 27 atom stereocenters. The normalized spacial score (nSPS) is 47.7. The van der Waals surface area contributed by atoms with E-state index in [1.807, 2.05) is 58.9 Å². The molecule has 5 N–H and O–H groups in total. The van der Waals surface area contributed by atoms with Crippen LogP contribution in [0.3, 0.4) is 0 Å². The van der Waals surface area contributed by atoms with Crippen molar-refractivity contribution in [2.45, 2.75) is 244 Å². The number of hydrogen-bond donors (Lipinski definition) is 5. The predicted molar refractivity (Wildman–Crippen MR) is 296 cm³/mol. The Kier molecular flexibility index (Phi) is 18.7. The van der Waals surface area contributed by atoms with Crippen LogP contribution in [-0.2, 0) is 61.7 Å². The lowest BCUT2D eigenvalue weighted by Gasteiger charge is -2.56. The molecular weight excluding hydrogens is 1080 g/mol. The average molecular weight is 1170 g/mol. The Labute approximate surface area is 486 Å². The molecule has 4 aliphatic carbocycles. The number of methoxy groups -OCH3 is 2. The third-order valence-corrected chi connectivity index (χ3v) is 20.3. The van der Waals surface area contributed by atoms with Crippen molar-refractivity contribution in [1.29, 1.82) is 0 Å². The highest BCUT2D eigenvalue weighted by Gasteiger charge is 2.64. The summed E-state index contributed by atoms with van der Waals surface area (Å²) in [5.41, 5.74) is -2.67. The molecule has 5 aliphatic heterocycles. The van der Waals surface area contributed by atoms with Crippen molar-refractivity contribution < 1.29 is 91.8 Å². The van der Waals surface area contributed by atoms with Crippen molar-refractivity contribution in [2.24, 2.45) is 46.8 Å². The summed E-state index contributed by atoms with van der Waals surface area (Å²) >= 11 is 0. The Bertz CT molecular complexity index is 2580. The number of hydrogen-bond acceptors (Lipinski definition) is 20. The van der Waals surface area contributed by atoms with Crippen LogP contribution in [0.2, 0.25) is 0 Å². The number of nitro groups is 1. The molecule has 1 saturated carbocycles. The number of esters is 1. The first-order chi connectivity index (χ1) is 39.1. The summed E-state index contributed by atoms with van der Waals surface area (Å²) in [7, 11) is 2.69. The van der Waals surface area contributed by atoms with Gasteiger partial charge in [-0.1, -0.05) is 69.2 Å². The molecule has 6 fully saturated rings. The highest BCUT2D eigenvalue weighted by molar-refractivity contribution is 6.26. The van der Waals surface area contributed by atoms with Gasteiger partial charge in [0.25, 0.3) is 0 Å². The molecule has 2 bridgehead atoms. The zero-order chi connectivity index (χ0) is 60.5. The number of aliphatic hydroxyl groups is 4. The van der Waals surface area contributed by atoms with Crippen LogP contribution in [0, 0.1) is 57.0 Å². The van der Waals surface area contributed by atoms with Gasteiger partial charge in [-0.05, 0) is 90.6 Å². The fourth-order valence-electron chi connectivity index (χ4n) is 15.7. The van der Waals surface area contributed by atoms with Crippen LogP contribution in [0.5, 0.6) is 0 Å². The fourth-order valence-corrected chi connectivity index (χ4v) is 15.7. The number of fused-ring (bicyclic) bond motifs is 4. The van der Waals surface area contributed by atoms with E-state index in [0.717, 1.165) is 11.1 Å². The lowest BCUT2D eigenvalue weighted by molar-refractivity contribution is -0.584. The molecule has 9 rings (SSSR count). The summed E-state index contributed by atoms with van der Waals surface area (Å²) in [6, 6.07) is -1.06. The van der Waals surface area contributed by atoms with Gasteiger partial charge in [0.15, 0.2) is 30.8 Å². The molecule has 464 valence electrons. The van der Waals surface area contributed by atoms with E-state index in [1.54, 1.807) is 27.7 Å². The SMILES string of the molecule is COC(=O)NC1C(C)OC(OC2CC=C(C)C3C=CC4C(OC5CC(OC6CC(O)C(OC7CC(O)C(OC)C(C)O7)C(C)O6)C(O)C(C)O5)C(C)CC(C)C4C3(C)C(O)=C3C(=O)OC4(CC(C)C(C)=CC4C=C2C)C3=O)CC1(C)[N+](=O)[O-]. The van der Waals surface area contributed by atoms with Gasteiger partial charge in [-0.25, -0.2) is 9.59 Å². The zero-order valence-corrected chi connectivity index (χ0v) is 50.5. The molecule has 83 heavy (non-hydrogen) atoms. The van der Waals surface area contributed by atoms with E-state index >= 15 is 4.79 Å². The van der Waals surface area contributed by atoms with Gasteiger partial charge >= 0.3 is 12.1 Å². The maximum absolute atomic E-state index is 15.5. The Morgan fingerprint density at radius 1 is 0.723 bits per heavy atom. The number of ether oxygens (including phenoxy) is 11. The quantitative estimate of drug-likeness (QED) is 0.0479. The molecule has 1 spiro atoms. The predicted octanol–water partition coefficient (Wildman–Crippen LogP) is 6.60. The van der Waals surface area contributed by atoms with Crippen molar-refractivity contribution in [3.8, 4) is 0 Å². The van der Waals surface area contributed by atoms with Gasteiger partial charge in [-0.2, -0.15) is 0 Å². The van der Waals surface area contributed by atoms with Crippen LogP contribution in [0.25, 0.3) is 0 Å². The van der Waals surface area contributed by atoms with Crippen molar-refractivity contribution in [1.82, 2.24) is 5.32 Å². The number of carbonyl (C=O) groups excluding carboxylic acids is 3. The average Bonchev–Trinajstić information content (AvgIpc) is 1.91. The van der Waals surface area contributed by atoms with E-state index in [0.29, 0.717) is 12.0 Å². The number of aliphatic hydroxyl groups excluding tert-OH is 4. The molecule has 1 amide bonds. The Morgan fingerprint density at radius 3 is 1.96 bits per heavy atom. The molecule has 22 heteroatoms. The summed E-state index contributed by atoms with van der Waals surface area (Å²) in [5.74, 6) is -4.38. The second-order valence-corrected chi connectivity index (χ2v) is 26.0.